The average Bonchev–Trinajstić information content (AvgIpc) is 3.33. The molecule has 0 amide bonds. The van der Waals surface area contributed by atoms with Crippen molar-refractivity contribution in [1.29, 1.82) is 5.26 Å². The Bertz CT molecular complexity index is 1510. The molecule has 3 aromatic heterocycles. The van der Waals surface area contributed by atoms with Crippen molar-refractivity contribution in [3.8, 4) is 17.2 Å². The lowest BCUT2D eigenvalue weighted by Gasteiger charge is -2.29. The Hall–Kier alpha value is -3.58. The summed E-state index contributed by atoms with van der Waals surface area (Å²) >= 11 is 1.57. The summed E-state index contributed by atoms with van der Waals surface area (Å²) in [5.74, 6) is 1.58. The number of hydrogen-bond donors (Lipinski definition) is 4. The highest BCUT2D eigenvalue weighted by Gasteiger charge is 2.21. The molecular formula is C31H37N7OS. The zero-order chi connectivity index (χ0) is 28.3. The molecule has 0 radical (unpaired) electrons. The van der Waals surface area contributed by atoms with E-state index in [9.17, 15) is 10.4 Å². The molecule has 0 aliphatic heterocycles. The van der Waals surface area contributed by atoms with Gasteiger partial charge in [0.1, 0.15) is 17.7 Å². The predicted octanol–water partition coefficient (Wildman–Crippen LogP) is 6.61. The van der Waals surface area contributed by atoms with Crippen LogP contribution < -0.4 is 16.0 Å². The van der Waals surface area contributed by atoms with Gasteiger partial charge in [0.25, 0.3) is 0 Å². The van der Waals surface area contributed by atoms with Crippen LogP contribution in [0.1, 0.15) is 64.5 Å². The van der Waals surface area contributed by atoms with Gasteiger partial charge >= 0.3 is 0 Å². The second-order valence-electron chi connectivity index (χ2n) is 11.8. The van der Waals surface area contributed by atoms with E-state index in [1.165, 1.54) is 0 Å². The zero-order valence-electron chi connectivity index (χ0n) is 23.5. The van der Waals surface area contributed by atoms with E-state index >= 15 is 0 Å². The minimum absolute atomic E-state index is 0.157. The van der Waals surface area contributed by atoms with Crippen molar-refractivity contribution in [3.63, 3.8) is 0 Å². The van der Waals surface area contributed by atoms with Crippen LogP contribution in [-0.4, -0.2) is 38.2 Å². The van der Waals surface area contributed by atoms with Crippen molar-refractivity contribution in [3.05, 3.63) is 59.9 Å². The van der Waals surface area contributed by atoms with Crippen molar-refractivity contribution in [1.82, 2.24) is 20.3 Å². The lowest BCUT2D eigenvalue weighted by atomic mass is 9.88. The van der Waals surface area contributed by atoms with Gasteiger partial charge in [-0.05, 0) is 79.5 Å². The molecule has 1 atom stereocenters. The maximum absolute atomic E-state index is 9.91. The topological polar surface area (TPSA) is 119 Å². The Morgan fingerprint density at radius 1 is 1.02 bits per heavy atom. The maximum Gasteiger partial charge on any atom is 0.189 e. The number of aromatic nitrogens is 3. The van der Waals surface area contributed by atoms with Gasteiger partial charge in [-0.1, -0.05) is 38.2 Å². The van der Waals surface area contributed by atoms with Crippen LogP contribution in [0.4, 0.5) is 16.8 Å². The second kappa shape index (κ2) is 11.9. The lowest BCUT2D eigenvalue weighted by molar-refractivity contribution is 0.126. The molecule has 0 spiro atoms. The fourth-order valence-electron chi connectivity index (χ4n) is 4.76. The molecule has 1 aliphatic rings. The predicted molar refractivity (Wildman–Crippen MR) is 163 cm³/mol. The number of nitriles is 1. The van der Waals surface area contributed by atoms with Gasteiger partial charge < -0.3 is 21.1 Å². The summed E-state index contributed by atoms with van der Waals surface area (Å²) in [7, 11) is 0. The van der Waals surface area contributed by atoms with Gasteiger partial charge in [-0.3, -0.25) is 4.98 Å². The number of nitrogens with zero attached hydrogens (tertiary/aromatic N) is 4. The minimum atomic E-state index is -0.191. The molecular weight excluding hydrogens is 518 g/mol. The Morgan fingerprint density at radius 3 is 2.55 bits per heavy atom. The summed E-state index contributed by atoms with van der Waals surface area (Å²) < 4.78 is 1.04. The summed E-state index contributed by atoms with van der Waals surface area (Å²) in [5, 5.41) is 30.6. The number of thiazole rings is 1. The summed E-state index contributed by atoms with van der Waals surface area (Å²) in [5.41, 5.74) is 4.63. The van der Waals surface area contributed by atoms with Crippen LogP contribution >= 0.6 is 11.3 Å². The molecule has 1 fully saturated rings. The highest BCUT2D eigenvalue weighted by molar-refractivity contribution is 7.22. The van der Waals surface area contributed by atoms with E-state index in [1.54, 1.807) is 23.7 Å². The minimum Gasteiger partial charge on any atom is -0.393 e. The zero-order valence-corrected chi connectivity index (χ0v) is 24.3. The molecule has 1 unspecified atom stereocenters. The first-order valence-corrected chi connectivity index (χ1v) is 14.7. The summed E-state index contributed by atoms with van der Waals surface area (Å²) in [4.78, 5) is 13.9. The summed E-state index contributed by atoms with van der Waals surface area (Å²) in [6.45, 7) is 9.67. The number of aliphatic hydroxyl groups is 1. The molecule has 4 aromatic rings. The molecule has 9 heteroatoms. The summed E-state index contributed by atoms with van der Waals surface area (Å²) in [6.07, 6.45) is 6.65. The number of hydrogen-bond acceptors (Lipinski definition) is 9. The van der Waals surface area contributed by atoms with Gasteiger partial charge in [0, 0.05) is 36.6 Å². The summed E-state index contributed by atoms with van der Waals surface area (Å²) in [6, 6.07) is 14.9. The second-order valence-corrected chi connectivity index (χ2v) is 12.8. The van der Waals surface area contributed by atoms with E-state index < -0.39 is 0 Å². The van der Waals surface area contributed by atoms with Crippen molar-refractivity contribution < 1.29 is 5.11 Å². The van der Waals surface area contributed by atoms with Crippen LogP contribution in [0.2, 0.25) is 0 Å². The van der Waals surface area contributed by atoms with E-state index in [4.69, 9.17) is 9.97 Å². The molecule has 1 aliphatic carbocycles. The van der Waals surface area contributed by atoms with Gasteiger partial charge in [0.2, 0.25) is 0 Å². The van der Waals surface area contributed by atoms with Gasteiger partial charge in [0.05, 0.1) is 21.9 Å². The number of nitrogens with one attached hydrogen (secondary N) is 3. The van der Waals surface area contributed by atoms with Crippen LogP contribution in [0.5, 0.6) is 0 Å². The van der Waals surface area contributed by atoms with Crippen LogP contribution in [0.25, 0.3) is 21.3 Å². The van der Waals surface area contributed by atoms with E-state index in [1.807, 2.05) is 18.2 Å². The molecule has 1 saturated carbocycles. The third kappa shape index (κ3) is 6.94. The normalized spacial score (nSPS) is 18.3. The van der Waals surface area contributed by atoms with Crippen LogP contribution in [0, 0.1) is 16.7 Å². The number of benzene rings is 1. The largest absolute Gasteiger partial charge is 0.393 e. The smallest absolute Gasteiger partial charge is 0.189 e. The third-order valence-electron chi connectivity index (χ3n) is 7.67. The van der Waals surface area contributed by atoms with E-state index in [0.29, 0.717) is 17.6 Å². The lowest BCUT2D eigenvalue weighted by Crippen LogP contribution is -2.37. The Labute approximate surface area is 239 Å². The van der Waals surface area contributed by atoms with Gasteiger partial charge in [0.15, 0.2) is 5.13 Å². The molecule has 3 heterocycles. The molecule has 8 nitrogen and oxygen atoms in total. The number of rotatable bonds is 8. The van der Waals surface area contributed by atoms with Crippen molar-refractivity contribution in [2.75, 3.05) is 10.6 Å². The third-order valence-corrected chi connectivity index (χ3v) is 8.60. The van der Waals surface area contributed by atoms with Crippen molar-refractivity contribution in [2.24, 2.45) is 5.41 Å². The molecule has 208 valence electrons. The first-order valence-electron chi connectivity index (χ1n) is 13.9. The maximum atomic E-state index is 9.91. The van der Waals surface area contributed by atoms with Gasteiger partial charge in [-0.2, -0.15) is 5.26 Å². The average molecular weight is 556 g/mol. The van der Waals surface area contributed by atoms with Crippen LogP contribution in [0.3, 0.4) is 0 Å². The van der Waals surface area contributed by atoms with E-state index in [-0.39, 0.29) is 11.5 Å². The first kappa shape index (κ1) is 28.0. The molecule has 0 saturated heterocycles. The first-order chi connectivity index (χ1) is 19.2. The molecule has 5 rings (SSSR count). The van der Waals surface area contributed by atoms with Gasteiger partial charge in [-0.25, -0.2) is 9.97 Å². The molecule has 4 N–H and O–H groups in total. The van der Waals surface area contributed by atoms with Crippen LogP contribution in [-0.2, 0) is 6.54 Å². The highest BCUT2D eigenvalue weighted by Crippen LogP contribution is 2.32. The Morgan fingerprint density at radius 2 is 1.80 bits per heavy atom. The monoisotopic (exact) mass is 555 g/mol. The fraction of sp³-hybridized carbons (Fsp3) is 0.419. The quantitative estimate of drug-likeness (QED) is 0.192. The van der Waals surface area contributed by atoms with E-state index in [2.05, 4.69) is 72.9 Å². The molecule has 40 heavy (non-hydrogen) atoms. The molecule has 0 bridgehead atoms. The fourth-order valence-corrected chi connectivity index (χ4v) is 5.67. The molecule has 1 aromatic carbocycles. The standard InChI is InChI=1S/C31H37N7OS/c1-19(31(2,3)4)34-17-20-12-28(35-24-6-8-25(39)9-7-24)37-29(13-20)38-30-36-26-10-5-22(14-27(26)40-30)23-11-21(15-32)16-33-18-23/h5,10-14,16,18-19,24-25,34,39H,6-9,17H2,1-4H3,(H2,35,36,37,38)/t19?,24-,25-. The Balaban J connectivity index is 1.38. The van der Waals surface area contributed by atoms with Crippen LogP contribution in [0.15, 0.2) is 48.8 Å². The van der Waals surface area contributed by atoms with Gasteiger partial charge in [-0.15, -0.1) is 0 Å². The number of pyridine rings is 2. The van der Waals surface area contributed by atoms with Crippen molar-refractivity contribution >= 4 is 38.3 Å². The van der Waals surface area contributed by atoms with E-state index in [0.717, 1.165) is 75.9 Å². The SMILES string of the molecule is CC(NCc1cc(Nc2nc3ccc(-c4cncc(C#N)c4)cc3s2)nc(N[C@H]2CC[C@H](O)CC2)c1)C(C)(C)C. The number of aliphatic hydroxyl groups excluding tert-OH is 1. The van der Waals surface area contributed by atoms with Crippen molar-refractivity contribution in [2.45, 2.75) is 78.1 Å². The number of anilines is 3. The number of fused-ring (bicyclic) bond motifs is 1. The Kier molecular flexibility index (Phi) is 8.31. The highest BCUT2D eigenvalue weighted by atomic mass is 32.1.